The highest BCUT2D eigenvalue weighted by Crippen LogP contribution is 2.21. The van der Waals surface area contributed by atoms with Gasteiger partial charge in [0.2, 0.25) is 5.95 Å². The molecule has 0 aliphatic carbocycles. The number of carbonyl (C=O) groups excluding carboxylic acids is 2. The molecule has 3 amide bonds. The summed E-state index contributed by atoms with van der Waals surface area (Å²) in [7, 11) is -5.87. The SMILES string of the molecule is Cn1c(NC(=O)Nc2cccc(S(=O)(=O)Nc3ccc(NNC(=O)CS(C)(=O)=O)cc3)c2)n[nH]c1=S. The molecular weight excluding hydrogens is 532 g/mol. The number of anilines is 4. The molecule has 0 radical (unpaired) electrons. The van der Waals surface area contributed by atoms with Crippen LogP contribution in [0.3, 0.4) is 0 Å². The highest BCUT2D eigenvalue weighted by molar-refractivity contribution is 7.92. The Labute approximate surface area is 211 Å². The van der Waals surface area contributed by atoms with Crippen LogP contribution in [-0.4, -0.2) is 55.5 Å². The minimum absolute atomic E-state index is 0.103. The molecule has 1 heterocycles. The maximum Gasteiger partial charge on any atom is 0.326 e. The first-order valence-corrected chi connectivity index (χ1v) is 13.9. The van der Waals surface area contributed by atoms with Crippen LogP contribution in [0, 0.1) is 4.77 Å². The molecule has 17 heteroatoms. The van der Waals surface area contributed by atoms with Gasteiger partial charge in [-0.15, -0.1) is 5.10 Å². The Hall–Kier alpha value is -3.96. The third-order valence-corrected chi connectivity index (χ3v) is 6.91. The fourth-order valence-electron chi connectivity index (χ4n) is 2.72. The number of rotatable bonds is 9. The van der Waals surface area contributed by atoms with Gasteiger partial charge in [0.05, 0.1) is 10.6 Å². The van der Waals surface area contributed by atoms with Gasteiger partial charge in [-0.1, -0.05) is 6.07 Å². The Morgan fingerprint density at radius 1 is 1.00 bits per heavy atom. The fourth-order valence-corrected chi connectivity index (χ4v) is 4.50. The Morgan fingerprint density at radius 3 is 2.28 bits per heavy atom. The maximum atomic E-state index is 12.8. The molecule has 3 aromatic rings. The number of nitrogens with zero attached hydrogens (tertiary/aromatic N) is 2. The Bertz CT molecular complexity index is 1550. The molecule has 0 unspecified atom stereocenters. The summed E-state index contributed by atoms with van der Waals surface area (Å²) < 4.78 is 52.0. The summed E-state index contributed by atoms with van der Waals surface area (Å²) in [6, 6.07) is 10.8. The van der Waals surface area contributed by atoms with Crippen LogP contribution in [0.25, 0.3) is 0 Å². The van der Waals surface area contributed by atoms with Crippen LogP contribution in [0.2, 0.25) is 0 Å². The fraction of sp³-hybridized carbons (Fsp3) is 0.158. The summed E-state index contributed by atoms with van der Waals surface area (Å²) in [4.78, 5) is 23.7. The molecule has 0 saturated carbocycles. The zero-order valence-electron chi connectivity index (χ0n) is 18.9. The number of benzene rings is 2. The lowest BCUT2D eigenvalue weighted by atomic mass is 10.3. The molecule has 192 valence electrons. The Kier molecular flexibility index (Phi) is 7.96. The molecule has 1 aromatic heterocycles. The van der Waals surface area contributed by atoms with Crippen LogP contribution < -0.4 is 26.2 Å². The second-order valence-electron chi connectivity index (χ2n) is 7.44. The van der Waals surface area contributed by atoms with Crippen molar-refractivity contribution < 1.29 is 26.4 Å². The summed E-state index contributed by atoms with van der Waals surface area (Å²) >= 11 is 4.98. The van der Waals surface area contributed by atoms with E-state index < -0.39 is 37.6 Å². The van der Waals surface area contributed by atoms with Crippen molar-refractivity contribution in [3.63, 3.8) is 0 Å². The van der Waals surface area contributed by atoms with Crippen LogP contribution in [0.5, 0.6) is 0 Å². The maximum absolute atomic E-state index is 12.8. The van der Waals surface area contributed by atoms with Crippen molar-refractivity contribution in [1.29, 1.82) is 0 Å². The molecule has 0 bridgehead atoms. The first-order valence-electron chi connectivity index (χ1n) is 9.97. The van der Waals surface area contributed by atoms with E-state index in [1.165, 1.54) is 53.1 Å². The zero-order chi connectivity index (χ0) is 26.5. The van der Waals surface area contributed by atoms with Crippen LogP contribution in [-0.2, 0) is 31.7 Å². The van der Waals surface area contributed by atoms with Gasteiger partial charge in [0.15, 0.2) is 14.6 Å². The van der Waals surface area contributed by atoms with E-state index in [4.69, 9.17) is 12.2 Å². The standard InChI is InChI=1S/C19H22N8O6S3/c1-27-17(24-25-19(27)34)21-18(29)20-14-4-3-5-15(10-14)36(32,33)26-13-8-6-12(7-9-13)22-23-16(28)11-35(2,30)31/h3-10,22,26H,11H2,1-2H3,(H,23,28)(H,25,34)(H2,20,21,24,29). The van der Waals surface area contributed by atoms with Crippen LogP contribution >= 0.6 is 12.2 Å². The van der Waals surface area contributed by atoms with Crippen molar-refractivity contribution in [2.75, 3.05) is 32.8 Å². The van der Waals surface area contributed by atoms with E-state index >= 15 is 0 Å². The van der Waals surface area contributed by atoms with Gasteiger partial charge in [-0.3, -0.25) is 30.3 Å². The van der Waals surface area contributed by atoms with Gasteiger partial charge < -0.3 is 5.32 Å². The number of H-pyrrole nitrogens is 1. The monoisotopic (exact) mass is 554 g/mol. The number of amides is 3. The van der Waals surface area contributed by atoms with E-state index in [0.717, 1.165) is 6.26 Å². The lowest BCUT2D eigenvalue weighted by molar-refractivity contribution is -0.118. The van der Waals surface area contributed by atoms with Gasteiger partial charge in [0, 0.05) is 24.7 Å². The Balaban J connectivity index is 1.62. The lowest BCUT2D eigenvalue weighted by Gasteiger charge is -2.12. The number of nitrogens with one attached hydrogen (secondary N) is 6. The van der Waals surface area contributed by atoms with Crippen LogP contribution in [0.1, 0.15) is 0 Å². The van der Waals surface area contributed by atoms with E-state index in [-0.39, 0.29) is 22.2 Å². The lowest BCUT2D eigenvalue weighted by Crippen LogP contribution is -2.34. The summed E-state index contributed by atoms with van der Waals surface area (Å²) in [5.41, 5.74) is 5.61. The minimum atomic E-state index is -4.01. The first kappa shape index (κ1) is 26.6. The average Bonchev–Trinajstić information content (AvgIpc) is 3.09. The van der Waals surface area contributed by atoms with Crippen molar-refractivity contribution >= 4 is 67.0 Å². The van der Waals surface area contributed by atoms with Crippen molar-refractivity contribution in [3.05, 3.63) is 53.3 Å². The van der Waals surface area contributed by atoms with E-state index in [1.807, 2.05) is 0 Å². The number of hydrogen-bond donors (Lipinski definition) is 6. The normalized spacial score (nSPS) is 11.4. The zero-order valence-corrected chi connectivity index (χ0v) is 21.3. The molecule has 2 aromatic carbocycles. The average molecular weight is 555 g/mol. The van der Waals surface area contributed by atoms with Crippen LogP contribution in [0.4, 0.5) is 27.8 Å². The first-order chi connectivity index (χ1) is 16.8. The smallest absolute Gasteiger partial charge is 0.308 e. The van der Waals surface area contributed by atoms with Crippen molar-refractivity contribution in [2.24, 2.45) is 7.05 Å². The predicted octanol–water partition coefficient (Wildman–Crippen LogP) is 1.41. The molecule has 0 aliphatic heterocycles. The molecule has 14 nitrogen and oxygen atoms in total. The number of hydrogen-bond acceptors (Lipinski definition) is 9. The summed E-state index contributed by atoms with van der Waals surface area (Å²) in [5, 5.41) is 11.4. The number of sulfone groups is 1. The van der Waals surface area contributed by atoms with Gasteiger partial charge in [0.1, 0.15) is 5.75 Å². The van der Waals surface area contributed by atoms with Crippen molar-refractivity contribution in [2.45, 2.75) is 4.90 Å². The highest BCUT2D eigenvalue weighted by atomic mass is 32.2. The predicted molar refractivity (Wildman–Crippen MR) is 136 cm³/mol. The van der Waals surface area contributed by atoms with Crippen LogP contribution in [0.15, 0.2) is 53.4 Å². The number of aromatic amines is 1. The summed E-state index contributed by atoms with van der Waals surface area (Å²) in [6.07, 6.45) is 0.937. The van der Waals surface area contributed by atoms with Gasteiger partial charge in [0.25, 0.3) is 15.9 Å². The molecule has 3 rings (SSSR count). The topological polar surface area (TPSA) is 196 Å². The number of aromatic nitrogens is 3. The molecule has 36 heavy (non-hydrogen) atoms. The third-order valence-electron chi connectivity index (χ3n) is 4.38. The molecule has 0 spiro atoms. The minimum Gasteiger partial charge on any atom is -0.308 e. The second kappa shape index (κ2) is 10.8. The molecule has 0 aliphatic rings. The largest absolute Gasteiger partial charge is 0.326 e. The quantitative estimate of drug-likeness (QED) is 0.167. The number of hydrazine groups is 1. The van der Waals surface area contributed by atoms with E-state index in [9.17, 15) is 26.4 Å². The molecule has 0 saturated heterocycles. The number of carbonyl (C=O) groups is 2. The van der Waals surface area contributed by atoms with Crippen molar-refractivity contribution in [3.8, 4) is 0 Å². The highest BCUT2D eigenvalue weighted by Gasteiger charge is 2.16. The van der Waals surface area contributed by atoms with Gasteiger partial charge in [-0.05, 0) is 54.7 Å². The van der Waals surface area contributed by atoms with Gasteiger partial charge in [-0.2, -0.15) is 0 Å². The second-order valence-corrected chi connectivity index (χ2v) is 11.7. The molecule has 6 N–H and O–H groups in total. The van der Waals surface area contributed by atoms with E-state index in [2.05, 4.69) is 36.4 Å². The summed E-state index contributed by atoms with van der Waals surface area (Å²) in [6.45, 7) is 0. The van der Waals surface area contributed by atoms with Gasteiger partial charge in [-0.25, -0.2) is 26.7 Å². The third kappa shape index (κ3) is 7.52. The van der Waals surface area contributed by atoms with Gasteiger partial charge >= 0.3 is 6.03 Å². The van der Waals surface area contributed by atoms with E-state index in [1.54, 1.807) is 7.05 Å². The molecule has 0 fully saturated rings. The molecule has 0 atom stereocenters. The number of urea groups is 1. The molecular formula is C19H22N8O6S3. The Morgan fingerprint density at radius 2 is 1.67 bits per heavy atom. The van der Waals surface area contributed by atoms with Crippen molar-refractivity contribution in [1.82, 2.24) is 20.2 Å². The van der Waals surface area contributed by atoms with E-state index in [0.29, 0.717) is 10.5 Å². The number of sulfonamides is 1. The summed E-state index contributed by atoms with van der Waals surface area (Å²) in [5.74, 6) is -1.24.